The minimum absolute atomic E-state index is 0.430. The SMILES string of the molecule is CC(=NNc1nc(-c2ccccc2)c2cc(Br)ccc2n1)c1nc2ccccc2[nH]1. The summed E-state index contributed by atoms with van der Waals surface area (Å²) in [7, 11) is 0. The maximum Gasteiger partial charge on any atom is 0.244 e. The smallest absolute Gasteiger partial charge is 0.244 e. The Hall–Kier alpha value is -3.58. The lowest BCUT2D eigenvalue weighted by atomic mass is 10.1. The van der Waals surface area contributed by atoms with Gasteiger partial charge in [0.1, 0.15) is 5.71 Å². The van der Waals surface area contributed by atoms with Crippen LogP contribution in [0.4, 0.5) is 5.95 Å². The van der Waals surface area contributed by atoms with Crippen molar-refractivity contribution in [3.63, 3.8) is 0 Å². The van der Waals surface area contributed by atoms with E-state index in [9.17, 15) is 0 Å². The van der Waals surface area contributed by atoms with Gasteiger partial charge < -0.3 is 4.98 Å². The fraction of sp³-hybridized carbons (Fsp3) is 0.0435. The molecule has 2 aromatic heterocycles. The van der Waals surface area contributed by atoms with Crippen LogP contribution in [-0.2, 0) is 0 Å². The van der Waals surface area contributed by atoms with Crippen molar-refractivity contribution in [1.29, 1.82) is 0 Å². The van der Waals surface area contributed by atoms with Gasteiger partial charge >= 0.3 is 0 Å². The molecule has 0 aliphatic rings. The highest BCUT2D eigenvalue weighted by molar-refractivity contribution is 9.10. The van der Waals surface area contributed by atoms with Crippen molar-refractivity contribution in [3.8, 4) is 11.3 Å². The Morgan fingerprint density at radius 1 is 0.900 bits per heavy atom. The van der Waals surface area contributed by atoms with E-state index in [0.29, 0.717) is 17.5 Å². The standard InChI is InChI=1S/C23H17BrN6/c1-14(22-25-19-9-5-6-10-20(19)26-22)29-30-23-27-18-12-11-16(24)13-17(18)21(28-23)15-7-3-2-4-8-15/h2-13H,1H3,(H,25,26)(H,27,28,30). The summed E-state index contributed by atoms with van der Waals surface area (Å²) in [5.74, 6) is 1.14. The molecule has 0 spiro atoms. The molecule has 5 rings (SSSR count). The number of nitrogens with one attached hydrogen (secondary N) is 2. The first kappa shape index (κ1) is 18.4. The summed E-state index contributed by atoms with van der Waals surface area (Å²) in [5, 5.41) is 5.43. The van der Waals surface area contributed by atoms with Crippen LogP contribution in [0.1, 0.15) is 12.7 Å². The number of aromatic nitrogens is 4. The molecule has 0 amide bonds. The highest BCUT2D eigenvalue weighted by atomic mass is 79.9. The minimum Gasteiger partial charge on any atom is -0.337 e. The van der Waals surface area contributed by atoms with Crippen molar-refractivity contribution in [2.45, 2.75) is 6.92 Å². The van der Waals surface area contributed by atoms with Crippen LogP contribution in [0, 0.1) is 0 Å². The van der Waals surface area contributed by atoms with Crippen molar-refractivity contribution in [2.24, 2.45) is 5.10 Å². The van der Waals surface area contributed by atoms with Gasteiger partial charge in [0.05, 0.1) is 22.2 Å². The van der Waals surface area contributed by atoms with E-state index >= 15 is 0 Å². The van der Waals surface area contributed by atoms with E-state index in [1.165, 1.54) is 0 Å². The first-order valence-electron chi connectivity index (χ1n) is 9.45. The number of nitrogens with zero attached hydrogens (tertiary/aromatic N) is 4. The maximum absolute atomic E-state index is 4.74. The number of para-hydroxylation sites is 2. The van der Waals surface area contributed by atoms with E-state index in [-0.39, 0.29) is 0 Å². The average molecular weight is 457 g/mol. The summed E-state index contributed by atoms with van der Waals surface area (Å²) < 4.78 is 0.982. The zero-order chi connectivity index (χ0) is 20.5. The van der Waals surface area contributed by atoms with E-state index in [4.69, 9.17) is 4.98 Å². The molecule has 146 valence electrons. The number of benzene rings is 3. The first-order chi connectivity index (χ1) is 14.7. The van der Waals surface area contributed by atoms with Gasteiger partial charge in [-0.3, -0.25) is 0 Å². The molecule has 0 aliphatic heterocycles. The molecule has 0 saturated heterocycles. The molecule has 5 aromatic rings. The summed E-state index contributed by atoms with van der Waals surface area (Å²) in [6, 6.07) is 23.9. The number of fused-ring (bicyclic) bond motifs is 2. The lowest BCUT2D eigenvalue weighted by Gasteiger charge is -2.09. The minimum atomic E-state index is 0.430. The van der Waals surface area contributed by atoms with Crippen LogP contribution in [0.3, 0.4) is 0 Å². The highest BCUT2D eigenvalue weighted by Gasteiger charge is 2.11. The highest BCUT2D eigenvalue weighted by Crippen LogP contribution is 2.29. The Bertz CT molecular complexity index is 1360. The molecule has 2 N–H and O–H groups in total. The summed E-state index contributed by atoms with van der Waals surface area (Å²) in [4.78, 5) is 17.2. The number of anilines is 1. The van der Waals surface area contributed by atoms with Crippen LogP contribution < -0.4 is 5.43 Å². The van der Waals surface area contributed by atoms with Gasteiger partial charge in [-0.05, 0) is 37.3 Å². The Labute approximate surface area is 181 Å². The Balaban J connectivity index is 1.54. The number of imidazole rings is 1. The lowest BCUT2D eigenvalue weighted by molar-refractivity contribution is 1.14. The monoisotopic (exact) mass is 456 g/mol. The molecule has 7 heteroatoms. The van der Waals surface area contributed by atoms with Crippen molar-refractivity contribution in [2.75, 3.05) is 5.43 Å². The van der Waals surface area contributed by atoms with Crippen LogP contribution in [0.15, 0.2) is 82.4 Å². The zero-order valence-corrected chi connectivity index (χ0v) is 17.7. The number of hydrogen-bond donors (Lipinski definition) is 2. The van der Waals surface area contributed by atoms with E-state index in [1.807, 2.05) is 79.7 Å². The molecule has 0 radical (unpaired) electrons. The van der Waals surface area contributed by atoms with Crippen LogP contribution >= 0.6 is 15.9 Å². The second-order valence-electron chi connectivity index (χ2n) is 6.83. The number of aromatic amines is 1. The number of hydrazone groups is 1. The molecule has 0 aliphatic carbocycles. The molecule has 0 bridgehead atoms. The first-order valence-corrected chi connectivity index (χ1v) is 10.2. The third kappa shape index (κ3) is 3.55. The molecule has 2 heterocycles. The summed E-state index contributed by atoms with van der Waals surface area (Å²) >= 11 is 3.54. The van der Waals surface area contributed by atoms with Crippen molar-refractivity contribution < 1.29 is 0 Å². The zero-order valence-electron chi connectivity index (χ0n) is 16.1. The van der Waals surface area contributed by atoms with Gasteiger partial charge in [0.25, 0.3) is 0 Å². The molecule has 6 nitrogen and oxygen atoms in total. The summed E-state index contributed by atoms with van der Waals surface area (Å²) in [5.41, 5.74) is 8.29. The Morgan fingerprint density at radius 2 is 1.70 bits per heavy atom. The van der Waals surface area contributed by atoms with Gasteiger partial charge in [-0.1, -0.05) is 58.4 Å². The van der Waals surface area contributed by atoms with E-state index in [1.54, 1.807) is 0 Å². The predicted molar refractivity (Wildman–Crippen MR) is 125 cm³/mol. The summed E-state index contributed by atoms with van der Waals surface area (Å²) in [6.07, 6.45) is 0. The molecule has 0 fully saturated rings. The van der Waals surface area contributed by atoms with Gasteiger partial charge in [0.15, 0.2) is 5.82 Å². The number of H-pyrrole nitrogens is 1. The largest absolute Gasteiger partial charge is 0.337 e. The van der Waals surface area contributed by atoms with Crippen LogP contribution in [0.2, 0.25) is 0 Å². The van der Waals surface area contributed by atoms with Crippen molar-refractivity contribution >= 4 is 49.5 Å². The Kier molecular flexibility index (Phi) is 4.72. The topological polar surface area (TPSA) is 78.8 Å². The van der Waals surface area contributed by atoms with Gasteiger partial charge in [-0.2, -0.15) is 5.10 Å². The number of hydrogen-bond acceptors (Lipinski definition) is 5. The van der Waals surface area contributed by atoms with E-state index < -0.39 is 0 Å². The van der Waals surface area contributed by atoms with Crippen molar-refractivity contribution in [1.82, 2.24) is 19.9 Å². The molecular formula is C23H17BrN6. The fourth-order valence-corrected chi connectivity index (χ4v) is 3.64. The predicted octanol–water partition coefficient (Wildman–Crippen LogP) is 5.77. The fourth-order valence-electron chi connectivity index (χ4n) is 3.28. The van der Waals surface area contributed by atoms with Gasteiger partial charge in [-0.15, -0.1) is 0 Å². The van der Waals surface area contributed by atoms with E-state index in [2.05, 4.69) is 41.4 Å². The quantitative estimate of drug-likeness (QED) is 0.265. The number of halogens is 1. The molecule has 0 saturated carbocycles. The second-order valence-corrected chi connectivity index (χ2v) is 7.75. The Morgan fingerprint density at radius 3 is 2.53 bits per heavy atom. The molecular weight excluding hydrogens is 440 g/mol. The third-order valence-corrected chi connectivity index (χ3v) is 5.25. The van der Waals surface area contributed by atoms with E-state index in [0.717, 1.165) is 37.7 Å². The van der Waals surface area contributed by atoms with Gasteiger partial charge in [-0.25, -0.2) is 20.4 Å². The summed E-state index contributed by atoms with van der Waals surface area (Å²) in [6.45, 7) is 1.89. The maximum atomic E-state index is 4.74. The molecule has 30 heavy (non-hydrogen) atoms. The second kappa shape index (κ2) is 7.68. The third-order valence-electron chi connectivity index (χ3n) is 4.76. The average Bonchev–Trinajstić information content (AvgIpc) is 3.22. The molecule has 3 aromatic carbocycles. The number of rotatable bonds is 4. The van der Waals surface area contributed by atoms with Gasteiger partial charge in [0.2, 0.25) is 5.95 Å². The van der Waals surface area contributed by atoms with Crippen LogP contribution in [0.5, 0.6) is 0 Å². The normalized spacial score (nSPS) is 11.9. The van der Waals surface area contributed by atoms with Crippen molar-refractivity contribution in [3.05, 3.63) is 83.1 Å². The van der Waals surface area contributed by atoms with Gasteiger partial charge in [0, 0.05) is 15.4 Å². The molecule has 0 atom stereocenters. The molecule has 0 unspecified atom stereocenters. The lowest BCUT2D eigenvalue weighted by Crippen LogP contribution is -2.05. The van der Waals surface area contributed by atoms with Crippen LogP contribution in [-0.4, -0.2) is 25.6 Å². The van der Waals surface area contributed by atoms with Crippen LogP contribution in [0.25, 0.3) is 33.2 Å².